The average molecular weight is 476 g/mol. The Morgan fingerprint density at radius 1 is 0.971 bits per heavy atom. The summed E-state index contributed by atoms with van der Waals surface area (Å²) in [6, 6.07) is 11.6. The van der Waals surface area contributed by atoms with Gasteiger partial charge in [0, 0.05) is 43.5 Å². The molecule has 0 unspecified atom stereocenters. The van der Waals surface area contributed by atoms with E-state index in [0.717, 1.165) is 37.3 Å². The summed E-state index contributed by atoms with van der Waals surface area (Å²) in [4.78, 5) is 27.4. The van der Waals surface area contributed by atoms with Gasteiger partial charge in [0.15, 0.2) is 0 Å². The van der Waals surface area contributed by atoms with Gasteiger partial charge < -0.3 is 20.3 Å². The van der Waals surface area contributed by atoms with Crippen molar-refractivity contribution in [1.82, 2.24) is 10.6 Å². The second kappa shape index (κ2) is 10.5. The number of ether oxygens (including phenoxy) is 1. The Bertz CT molecular complexity index is 996. The molecule has 2 aliphatic heterocycles. The number of hydrogen-bond acceptors (Lipinski definition) is 4. The lowest BCUT2D eigenvalue weighted by Gasteiger charge is -2.35. The Hall–Kier alpha value is -3.07. The van der Waals surface area contributed by atoms with Gasteiger partial charge in [0.1, 0.15) is 0 Å². The van der Waals surface area contributed by atoms with Gasteiger partial charge in [-0.25, -0.2) is 0 Å². The van der Waals surface area contributed by atoms with Gasteiger partial charge in [-0.2, -0.15) is 13.2 Å². The number of benzene rings is 2. The summed E-state index contributed by atoms with van der Waals surface area (Å²) in [6.07, 6.45) is -1.06. The number of carbonyl (C=O) groups excluding carboxylic acids is 2. The fourth-order valence-electron chi connectivity index (χ4n) is 4.39. The fourth-order valence-corrected chi connectivity index (χ4v) is 4.39. The van der Waals surface area contributed by atoms with E-state index in [0.29, 0.717) is 38.0 Å². The van der Waals surface area contributed by atoms with Crippen LogP contribution in [-0.2, 0) is 10.9 Å². The van der Waals surface area contributed by atoms with Gasteiger partial charge >= 0.3 is 6.18 Å². The molecule has 2 heterocycles. The number of carbonyl (C=O) groups is 2. The van der Waals surface area contributed by atoms with Gasteiger partial charge in [0.25, 0.3) is 11.8 Å². The maximum absolute atomic E-state index is 12.8. The zero-order valence-corrected chi connectivity index (χ0v) is 18.7. The summed E-state index contributed by atoms with van der Waals surface area (Å²) in [5, 5.41) is 5.88. The summed E-state index contributed by atoms with van der Waals surface area (Å²) in [7, 11) is 0. The van der Waals surface area contributed by atoms with Gasteiger partial charge in [0.2, 0.25) is 0 Å². The number of anilines is 1. The predicted octanol–water partition coefficient (Wildman–Crippen LogP) is 4.01. The molecule has 1 atom stereocenters. The van der Waals surface area contributed by atoms with E-state index in [1.165, 1.54) is 12.1 Å². The molecule has 0 spiro atoms. The molecule has 4 rings (SSSR count). The summed E-state index contributed by atoms with van der Waals surface area (Å²) in [5.41, 5.74) is 0.868. The summed E-state index contributed by atoms with van der Waals surface area (Å²) >= 11 is 0. The highest BCUT2D eigenvalue weighted by Crippen LogP contribution is 2.29. The molecule has 2 saturated heterocycles. The number of alkyl halides is 3. The molecule has 0 radical (unpaired) electrons. The maximum Gasteiger partial charge on any atom is 0.416 e. The SMILES string of the molecule is O=C(NC1CCN(c2ccccc2C(=O)NC[C@@H]2CCCO2)CC1)c1ccc(C(F)(F)F)cc1. The quantitative estimate of drug-likeness (QED) is 0.663. The topological polar surface area (TPSA) is 70.7 Å². The van der Waals surface area contributed by atoms with Gasteiger partial charge in [-0.1, -0.05) is 12.1 Å². The van der Waals surface area contributed by atoms with Crippen LogP contribution < -0.4 is 15.5 Å². The Labute approximate surface area is 196 Å². The average Bonchev–Trinajstić information content (AvgIpc) is 3.36. The Morgan fingerprint density at radius 2 is 1.68 bits per heavy atom. The Kier molecular flexibility index (Phi) is 7.41. The third-order valence-electron chi connectivity index (χ3n) is 6.31. The molecule has 2 amide bonds. The van der Waals surface area contributed by atoms with E-state index in [1.807, 2.05) is 18.2 Å². The van der Waals surface area contributed by atoms with E-state index >= 15 is 0 Å². The third kappa shape index (κ3) is 5.88. The van der Waals surface area contributed by atoms with Crippen LogP contribution in [0.4, 0.5) is 18.9 Å². The van der Waals surface area contributed by atoms with Gasteiger partial charge in [-0.3, -0.25) is 9.59 Å². The zero-order valence-electron chi connectivity index (χ0n) is 18.7. The van der Waals surface area contributed by atoms with Crippen molar-refractivity contribution in [3.8, 4) is 0 Å². The van der Waals surface area contributed by atoms with E-state index in [2.05, 4.69) is 15.5 Å². The van der Waals surface area contributed by atoms with Crippen molar-refractivity contribution in [3.05, 3.63) is 65.2 Å². The van der Waals surface area contributed by atoms with Crippen LogP contribution in [0.3, 0.4) is 0 Å². The molecular formula is C25H28F3N3O3. The fraction of sp³-hybridized carbons (Fsp3) is 0.440. The number of rotatable bonds is 6. The number of para-hydroxylation sites is 1. The van der Waals surface area contributed by atoms with Crippen LogP contribution in [0.15, 0.2) is 48.5 Å². The second-order valence-corrected chi connectivity index (χ2v) is 8.67. The number of hydrogen-bond donors (Lipinski definition) is 2. The molecule has 6 nitrogen and oxygen atoms in total. The standard InChI is InChI=1S/C25H28F3N3O3/c26-25(27,28)18-9-7-17(8-10-18)23(32)30-19-11-13-31(14-12-19)22-6-2-1-5-21(22)24(33)29-16-20-4-3-15-34-20/h1-2,5-10,19-20H,3-4,11-16H2,(H,29,33)(H,30,32)/t20-/m0/s1. The number of nitrogens with one attached hydrogen (secondary N) is 2. The normalized spacial score (nSPS) is 19.1. The van der Waals surface area contributed by atoms with Gasteiger partial charge in [-0.05, 0) is 62.1 Å². The molecule has 2 aliphatic rings. The van der Waals surface area contributed by atoms with E-state index in [9.17, 15) is 22.8 Å². The molecule has 2 fully saturated rings. The van der Waals surface area contributed by atoms with Gasteiger partial charge in [-0.15, -0.1) is 0 Å². The Balaban J connectivity index is 1.31. The third-order valence-corrected chi connectivity index (χ3v) is 6.31. The van der Waals surface area contributed by atoms with Crippen molar-refractivity contribution in [2.45, 2.75) is 44.0 Å². The lowest BCUT2D eigenvalue weighted by atomic mass is 10.0. The number of halogens is 3. The van der Waals surface area contributed by atoms with Crippen molar-refractivity contribution >= 4 is 17.5 Å². The van der Waals surface area contributed by atoms with E-state index in [-0.39, 0.29) is 29.5 Å². The first-order chi connectivity index (χ1) is 16.3. The number of amides is 2. The van der Waals surface area contributed by atoms with Crippen molar-refractivity contribution in [2.75, 3.05) is 31.1 Å². The van der Waals surface area contributed by atoms with Crippen LogP contribution in [-0.4, -0.2) is 50.2 Å². The predicted molar refractivity (Wildman–Crippen MR) is 122 cm³/mol. The van der Waals surface area contributed by atoms with E-state index in [1.54, 1.807) is 6.07 Å². The zero-order chi connectivity index (χ0) is 24.1. The first kappa shape index (κ1) is 24.1. The highest BCUT2D eigenvalue weighted by atomic mass is 19.4. The highest BCUT2D eigenvalue weighted by Gasteiger charge is 2.30. The second-order valence-electron chi connectivity index (χ2n) is 8.67. The largest absolute Gasteiger partial charge is 0.416 e. The summed E-state index contributed by atoms with van der Waals surface area (Å²) in [5.74, 6) is -0.523. The highest BCUT2D eigenvalue weighted by molar-refractivity contribution is 6.00. The molecule has 0 aromatic heterocycles. The number of nitrogens with zero attached hydrogens (tertiary/aromatic N) is 1. The molecule has 34 heavy (non-hydrogen) atoms. The van der Waals surface area contributed by atoms with Gasteiger partial charge in [0.05, 0.1) is 17.2 Å². The van der Waals surface area contributed by atoms with Crippen molar-refractivity contribution in [2.24, 2.45) is 0 Å². The smallest absolute Gasteiger partial charge is 0.376 e. The molecule has 182 valence electrons. The number of piperidine rings is 1. The van der Waals surface area contributed by atoms with Crippen LogP contribution in [0.1, 0.15) is 52.0 Å². The first-order valence-electron chi connectivity index (χ1n) is 11.5. The lowest BCUT2D eigenvalue weighted by molar-refractivity contribution is -0.137. The van der Waals surface area contributed by atoms with Crippen molar-refractivity contribution < 1.29 is 27.5 Å². The van der Waals surface area contributed by atoms with Crippen molar-refractivity contribution in [1.29, 1.82) is 0 Å². The minimum Gasteiger partial charge on any atom is -0.376 e. The van der Waals surface area contributed by atoms with Crippen LogP contribution in [0.2, 0.25) is 0 Å². The molecule has 0 aliphatic carbocycles. The lowest BCUT2D eigenvalue weighted by Crippen LogP contribution is -2.45. The molecule has 2 aromatic rings. The first-order valence-corrected chi connectivity index (χ1v) is 11.5. The Morgan fingerprint density at radius 3 is 2.32 bits per heavy atom. The molecule has 9 heteroatoms. The molecule has 0 saturated carbocycles. The minimum atomic E-state index is -4.43. The summed E-state index contributed by atoms with van der Waals surface area (Å²) < 4.78 is 43.8. The molecular weight excluding hydrogens is 447 g/mol. The summed E-state index contributed by atoms with van der Waals surface area (Å²) in [6.45, 7) is 2.52. The molecule has 0 bridgehead atoms. The van der Waals surface area contributed by atoms with Crippen LogP contribution in [0.5, 0.6) is 0 Å². The van der Waals surface area contributed by atoms with Crippen LogP contribution in [0.25, 0.3) is 0 Å². The van der Waals surface area contributed by atoms with Crippen molar-refractivity contribution in [3.63, 3.8) is 0 Å². The molecule has 2 N–H and O–H groups in total. The van der Waals surface area contributed by atoms with E-state index < -0.39 is 11.7 Å². The monoisotopic (exact) mass is 475 g/mol. The maximum atomic E-state index is 12.8. The molecule has 2 aromatic carbocycles. The minimum absolute atomic E-state index is 0.0696. The van der Waals surface area contributed by atoms with E-state index in [4.69, 9.17) is 4.74 Å². The van der Waals surface area contributed by atoms with Crippen LogP contribution in [0, 0.1) is 0 Å². The van der Waals surface area contributed by atoms with Crippen LogP contribution >= 0.6 is 0 Å².